The molecule has 62 valence electrons. The third kappa shape index (κ3) is 1.25. The van der Waals surface area contributed by atoms with Crippen molar-refractivity contribution in [1.82, 2.24) is 0 Å². The molecule has 1 aromatic rings. The summed E-state index contributed by atoms with van der Waals surface area (Å²) in [6.07, 6.45) is 4.41. The summed E-state index contributed by atoms with van der Waals surface area (Å²) in [5.41, 5.74) is 2.80. The number of aryl methyl sites for hydroxylation is 2. The first-order valence-electron chi connectivity index (χ1n) is 3.87. The normalized spacial score (nSPS) is 14.5. The maximum absolute atomic E-state index is 2.21. The van der Waals surface area contributed by atoms with Gasteiger partial charge in [-0.15, -0.1) is 23.1 Å². The molecule has 0 spiro atoms. The van der Waals surface area contributed by atoms with E-state index in [4.69, 9.17) is 0 Å². The number of hydrogen-bond donors (Lipinski definition) is 0. The van der Waals surface area contributed by atoms with Gasteiger partial charge in [-0.05, 0) is 47.9 Å². The minimum atomic E-state index is 1.40. The fourth-order valence-corrected chi connectivity index (χ4v) is 2.95. The van der Waals surface area contributed by atoms with Gasteiger partial charge in [0.05, 0.1) is 0 Å². The van der Waals surface area contributed by atoms with Crippen LogP contribution in [0.2, 0.25) is 0 Å². The molecule has 0 fully saturated rings. The molecule has 0 saturated heterocycles. The van der Waals surface area contributed by atoms with Crippen LogP contribution >= 0.6 is 23.1 Å². The van der Waals surface area contributed by atoms with Crippen LogP contribution in [0.5, 0.6) is 0 Å². The molecule has 1 aromatic heterocycles. The maximum Gasteiger partial charge on any atom is 0.00958 e. The first-order chi connectivity index (χ1) is 5.79. The van der Waals surface area contributed by atoms with Crippen LogP contribution in [0.1, 0.15) is 20.9 Å². The van der Waals surface area contributed by atoms with Crippen LogP contribution < -0.4 is 0 Å². The Hall–Kier alpha value is -0.470. The van der Waals surface area contributed by atoms with Crippen molar-refractivity contribution in [1.29, 1.82) is 0 Å². The number of thiophene rings is 1. The Morgan fingerprint density at radius 3 is 1.92 bits per heavy atom. The van der Waals surface area contributed by atoms with E-state index in [0.717, 1.165) is 0 Å². The molecule has 2 heterocycles. The van der Waals surface area contributed by atoms with Crippen molar-refractivity contribution in [3.05, 3.63) is 31.7 Å². The molecule has 0 atom stereocenters. The number of thioether (sulfide) groups is 1. The molecule has 0 nitrogen and oxygen atoms in total. The first-order valence-corrected chi connectivity index (χ1v) is 5.63. The van der Waals surface area contributed by atoms with Crippen molar-refractivity contribution in [3.8, 4) is 0 Å². The standard InChI is InChI=1S/C10H10S2/c1-7-9-3-5-11-6-4-10(9)8(2)12-7/h3-6H,1-2H3. The van der Waals surface area contributed by atoms with E-state index in [-0.39, 0.29) is 0 Å². The molecule has 2 rings (SSSR count). The molecule has 0 N–H and O–H groups in total. The summed E-state index contributed by atoms with van der Waals surface area (Å²) in [6.45, 7) is 4.37. The molecule has 1 aliphatic heterocycles. The predicted octanol–water partition coefficient (Wildman–Crippen LogP) is 4.05. The lowest BCUT2D eigenvalue weighted by atomic mass is 10.1. The molecule has 12 heavy (non-hydrogen) atoms. The average molecular weight is 194 g/mol. The summed E-state index contributed by atoms with van der Waals surface area (Å²) in [6, 6.07) is 0. The lowest BCUT2D eigenvalue weighted by Crippen LogP contribution is -1.75. The molecule has 1 aliphatic rings. The van der Waals surface area contributed by atoms with Gasteiger partial charge in [-0.25, -0.2) is 0 Å². The first kappa shape index (κ1) is 8.14. The second kappa shape index (κ2) is 3.11. The molecule has 0 aliphatic carbocycles. The van der Waals surface area contributed by atoms with Gasteiger partial charge in [-0.2, -0.15) is 0 Å². The molecule has 2 heteroatoms. The zero-order valence-corrected chi connectivity index (χ0v) is 8.76. The Kier molecular flexibility index (Phi) is 2.11. The lowest BCUT2D eigenvalue weighted by Gasteiger charge is -1.92. The highest BCUT2D eigenvalue weighted by Gasteiger charge is 2.08. The maximum atomic E-state index is 2.21. The highest BCUT2D eigenvalue weighted by Crippen LogP contribution is 2.32. The molecule has 0 unspecified atom stereocenters. The summed E-state index contributed by atoms with van der Waals surface area (Å²) in [4.78, 5) is 2.84. The quantitative estimate of drug-likeness (QED) is 0.600. The number of hydrogen-bond acceptors (Lipinski definition) is 2. The van der Waals surface area contributed by atoms with E-state index in [1.807, 2.05) is 11.3 Å². The molecule has 0 radical (unpaired) electrons. The monoisotopic (exact) mass is 194 g/mol. The highest BCUT2D eigenvalue weighted by molar-refractivity contribution is 8.05. The Bertz CT molecular complexity index is 324. The van der Waals surface area contributed by atoms with Crippen LogP contribution in [0.25, 0.3) is 12.2 Å². The van der Waals surface area contributed by atoms with Crippen LogP contribution in [-0.2, 0) is 0 Å². The van der Waals surface area contributed by atoms with Crippen molar-refractivity contribution in [2.24, 2.45) is 0 Å². The Labute approximate surface area is 81.0 Å². The van der Waals surface area contributed by atoms with E-state index in [0.29, 0.717) is 0 Å². The molecule has 0 saturated carbocycles. The SMILES string of the molecule is Cc1sc(C)c2c1C=CSC=C2. The van der Waals surface area contributed by atoms with Gasteiger partial charge < -0.3 is 0 Å². The van der Waals surface area contributed by atoms with Gasteiger partial charge in [0.2, 0.25) is 0 Å². The molecule has 0 aromatic carbocycles. The van der Waals surface area contributed by atoms with E-state index in [2.05, 4.69) is 36.8 Å². The van der Waals surface area contributed by atoms with Gasteiger partial charge >= 0.3 is 0 Å². The van der Waals surface area contributed by atoms with E-state index < -0.39 is 0 Å². The number of rotatable bonds is 0. The van der Waals surface area contributed by atoms with Gasteiger partial charge in [0.25, 0.3) is 0 Å². The predicted molar refractivity (Wildman–Crippen MR) is 59.5 cm³/mol. The smallest absolute Gasteiger partial charge is 0.00958 e. The summed E-state index contributed by atoms with van der Waals surface area (Å²) in [5.74, 6) is 0. The van der Waals surface area contributed by atoms with Gasteiger partial charge in [0, 0.05) is 9.75 Å². The highest BCUT2D eigenvalue weighted by atomic mass is 32.2. The topological polar surface area (TPSA) is 0 Å². The van der Waals surface area contributed by atoms with Crippen LogP contribution in [-0.4, -0.2) is 0 Å². The van der Waals surface area contributed by atoms with Crippen LogP contribution in [0.3, 0.4) is 0 Å². The third-order valence-electron chi connectivity index (χ3n) is 1.98. The Morgan fingerprint density at radius 1 is 0.917 bits per heavy atom. The van der Waals surface area contributed by atoms with E-state index in [9.17, 15) is 0 Å². The average Bonchev–Trinajstić information content (AvgIpc) is 2.29. The van der Waals surface area contributed by atoms with Crippen molar-refractivity contribution >= 4 is 35.3 Å². The zero-order valence-electron chi connectivity index (χ0n) is 7.13. The van der Waals surface area contributed by atoms with Crippen LogP contribution in [0.15, 0.2) is 10.8 Å². The third-order valence-corrected chi connectivity index (χ3v) is 3.62. The minimum Gasteiger partial charge on any atom is -0.145 e. The molecule has 0 bridgehead atoms. The lowest BCUT2D eigenvalue weighted by molar-refractivity contribution is 1.54. The minimum absolute atomic E-state index is 1.40. The number of fused-ring (bicyclic) bond motifs is 1. The molecular formula is C10H10S2. The van der Waals surface area contributed by atoms with Gasteiger partial charge in [-0.1, -0.05) is 0 Å². The summed E-state index contributed by atoms with van der Waals surface area (Å²) >= 11 is 3.62. The van der Waals surface area contributed by atoms with Crippen LogP contribution in [0.4, 0.5) is 0 Å². The van der Waals surface area contributed by atoms with Gasteiger partial charge in [0.15, 0.2) is 0 Å². The van der Waals surface area contributed by atoms with E-state index in [1.165, 1.54) is 20.9 Å². The van der Waals surface area contributed by atoms with Gasteiger partial charge in [0.1, 0.15) is 0 Å². The largest absolute Gasteiger partial charge is 0.145 e. The second-order valence-corrected chi connectivity index (χ2v) is 5.03. The molecular weight excluding hydrogens is 184 g/mol. The fourth-order valence-electron chi connectivity index (χ4n) is 1.39. The Balaban J connectivity index is 2.67. The Morgan fingerprint density at radius 2 is 1.42 bits per heavy atom. The molecule has 0 amide bonds. The second-order valence-electron chi connectivity index (χ2n) is 2.78. The summed E-state index contributed by atoms with van der Waals surface area (Å²) < 4.78 is 0. The summed E-state index contributed by atoms with van der Waals surface area (Å²) in [5, 5.41) is 4.28. The van der Waals surface area contributed by atoms with Gasteiger partial charge in [-0.3, -0.25) is 0 Å². The van der Waals surface area contributed by atoms with Crippen molar-refractivity contribution in [2.45, 2.75) is 13.8 Å². The van der Waals surface area contributed by atoms with Crippen molar-refractivity contribution in [2.75, 3.05) is 0 Å². The van der Waals surface area contributed by atoms with E-state index >= 15 is 0 Å². The van der Waals surface area contributed by atoms with Crippen molar-refractivity contribution < 1.29 is 0 Å². The summed E-state index contributed by atoms with van der Waals surface area (Å²) in [7, 11) is 0. The van der Waals surface area contributed by atoms with Crippen LogP contribution in [0, 0.1) is 13.8 Å². The van der Waals surface area contributed by atoms with E-state index in [1.54, 1.807) is 11.8 Å². The fraction of sp³-hybridized carbons (Fsp3) is 0.200. The zero-order chi connectivity index (χ0) is 8.55. The van der Waals surface area contributed by atoms with Crippen molar-refractivity contribution in [3.63, 3.8) is 0 Å².